The first-order valence-electron chi connectivity index (χ1n) is 16.2. The summed E-state index contributed by atoms with van der Waals surface area (Å²) in [5.74, 6) is -4.23. The van der Waals surface area contributed by atoms with Crippen LogP contribution in [0.5, 0.6) is 11.8 Å². The van der Waals surface area contributed by atoms with Crippen LogP contribution in [0.25, 0.3) is 0 Å². The van der Waals surface area contributed by atoms with Gasteiger partial charge < -0.3 is 25.1 Å². The van der Waals surface area contributed by atoms with Crippen LogP contribution in [-0.2, 0) is 13.0 Å². The number of anilines is 1. The number of aromatic nitrogens is 1. The lowest BCUT2D eigenvalue weighted by Gasteiger charge is -2.41. The number of hydrogen-bond acceptors (Lipinski definition) is 5. The maximum atomic E-state index is 14.1. The number of aliphatic hydroxyl groups is 1. The molecule has 2 aromatic rings. The Balaban J connectivity index is 1.04. The van der Waals surface area contributed by atoms with E-state index in [2.05, 4.69) is 9.80 Å². The van der Waals surface area contributed by atoms with Gasteiger partial charge in [0.25, 0.3) is 0 Å². The van der Waals surface area contributed by atoms with Gasteiger partial charge in [-0.25, -0.2) is 4.39 Å². The number of rotatable bonds is 6. The number of piperidine rings is 1. The van der Waals surface area contributed by atoms with Crippen molar-refractivity contribution in [3.05, 3.63) is 40.7 Å². The number of halogens is 4. The summed E-state index contributed by atoms with van der Waals surface area (Å²) in [5.41, 5.74) is 2.93. The highest BCUT2D eigenvalue weighted by atomic mass is 19.4. The van der Waals surface area contributed by atoms with E-state index in [9.17, 15) is 32.9 Å². The molecule has 3 aliphatic carbocycles. The van der Waals surface area contributed by atoms with Crippen molar-refractivity contribution in [2.24, 2.45) is 23.7 Å². The molecule has 3 heterocycles. The monoisotopic (exact) mass is 605 g/mol. The van der Waals surface area contributed by atoms with Gasteiger partial charge in [0.2, 0.25) is 0 Å². The van der Waals surface area contributed by atoms with Gasteiger partial charge >= 0.3 is 6.18 Å². The number of hydrogen-bond donors (Lipinski definition) is 3. The first kappa shape index (κ1) is 29.3. The molecule has 0 radical (unpaired) electrons. The van der Waals surface area contributed by atoms with Crippen molar-refractivity contribution in [2.75, 3.05) is 31.1 Å². The molecule has 2 aliphatic heterocycles. The smallest absolute Gasteiger partial charge is 0.392 e. The lowest BCUT2D eigenvalue weighted by atomic mass is 9.74. The number of aromatic hydroxyl groups is 2. The molecule has 7 unspecified atom stereocenters. The van der Waals surface area contributed by atoms with E-state index >= 15 is 0 Å². The Hall–Kier alpha value is -2.46. The second-order valence-electron chi connectivity index (χ2n) is 14.0. The van der Waals surface area contributed by atoms with Gasteiger partial charge in [-0.3, -0.25) is 4.57 Å². The van der Waals surface area contributed by atoms with E-state index < -0.39 is 36.0 Å². The molecule has 0 spiro atoms. The molecular weight excluding hydrogens is 562 g/mol. The second kappa shape index (κ2) is 10.9. The zero-order chi connectivity index (χ0) is 30.2. The van der Waals surface area contributed by atoms with Crippen LogP contribution in [0.15, 0.2) is 18.2 Å². The van der Waals surface area contributed by atoms with Gasteiger partial charge in [-0.15, -0.1) is 0 Å². The molecule has 1 aromatic heterocycles. The molecule has 236 valence electrons. The zero-order valence-corrected chi connectivity index (χ0v) is 24.7. The lowest BCUT2D eigenvalue weighted by molar-refractivity contribution is -0.197. The van der Waals surface area contributed by atoms with Crippen molar-refractivity contribution in [3.63, 3.8) is 0 Å². The third-order valence-corrected chi connectivity index (χ3v) is 11.7. The van der Waals surface area contributed by atoms with Gasteiger partial charge in [0, 0.05) is 67.4 Å². The minimum Gasteiger partial charge on any atom is -0.494 e. The summed E-state index contributed by atoms with van der Waals surface area (Å²) in [5, 5.41) is 32.9. The summed E-state index contributed by atoms with van der Waals surface area (Å²) in [6.07, 6.45) is 1.74. The molecule has 10 heteroatoms. The molecule has 2 saturated carbocycles. The van der Waals surface area contributed by atoms with Crippen molar-refractivity contribution in [1.29, 1.82) is 0 Å². The van der Waals surface area contributed by atoms with Crippen molar-refractivity contribution in [3.8, 4) is 11.8 Å². The highest BCUT2D eigenvalue weighted by Gasteiger charge is 2.64. The van der Waals surface area contributed by atoms with Crippen molar-refractivity contribution in [1.82, 2.24) is 9.47 Å². The molecule has 2 bridgehead atoms. The Morgan fingerprint density at radius 3 is 2.21 bits per heavy atom. The normalized spacial score (nSPS) is 31.9. The Morgan fingerprint density at radius 2 is 1.56 bits per heavy atom. The molecule has 6 nitrogen and oxygen atoms in total. The minimum atomic E-state index is -4.49. The van der Waals surface area contributed by atoms with Gasteiger partial charge in [0.1, 0.15) is 5.82 Å². The van der Waals surface area contributed by atoms with E-state index in [1.807, 2.05) is 6.07 Å². The standard InChI is InChI=1S/C33H43F4N3O3/c1-18(41)27-24-15-25(30(27)33(35,36)37)29-28(24)31(42)40(32(29)43)17-21-5-3-2-4-20(21)16-38-11-9-23(10-12-38)39-13-8-19-6-7-22(34)14-26(19)39/h6-7,14,18,20-21,23-25,27,30,41-43H,2-5,8-13,15-17H2,1H3. The van der Waals surface area contributed by atoms with Gasteiger partial charge in [0.15, 0.2) is 11.8 Å². The number of fused-ring (bicyclic) bond motifs is 6. The summed E-state index contributed by atoms with van der Waals surface area (Å²) in [6, 6.07) is 5.52. The molecule has 7 rings (SSSR count). The number of benzene rings is 1. The quantitative estimate of drug-likeness (QED) is 0.346. The van der Waals surface area contributed by atoms with Crippen molar-refractivity contribution in [2.45, 2.75) is 95.0 Å². The predicted octanol–water partition coefficient (Wildman–Crippen LogP) is 6.13. The fraction of sp³-hybridized carbons (Fsp3) is 0.697. The van der Waals surface area contributed by atoms with E-state index in [1.165, 1.54) is 17.1 Å². The first-order chi connectivity index (χ1) is 20.5. The summed E-state index contributed by atoms with van der Waals surface area (Å²) in [6.45, 7) is 5.58. The highest BCUT2D eigenvalue weighted by Crippen LogP contribution is 2.68. The van der Waals surface area contributed by atoms with Gasteiger partial charge in [-0.1, -0.05) is 18.9 Å². The fourth-order valence-corrected chi connectivity index (χ4v) is 9.82. The molecule has 3 N–H and O–H groups in total. The van der Waals surface area contributed by atoms with Crippen molar-refractivity contribution >= 4 is 5.69 Å². The Kier molecular flexibility index (Phi) is 7.39. The number of likely N-dealkylation sites (tertiary alicyclic amines) is 1. The van der Waals surface area contributed by atoms with Crippen LogP contribution in [0.4, 0.5) is 23.2 Å². The van der Waals surface area contributed by atoms with Gasteiger partial charge in [0.05, 0.1) is 12.0 Å². The molecule has 0 amide bonds. The summed E-state index contributed by atoms with van der Waals surface area (Å²) < 4.78 is 57.8. The molecule has 43 heavy (non-hydrogen) atoms. The van der Waals surface area contributed by atoms with Gasteiger partial charge in [-0.05, 0) is 80.9 Å². The predicted molar refractivity (Wildman–Crippen MR) is 155 cm³/mol. The third-order valence-electron chi connectivity index (χ3n) is 11.7. The Morgan fingerprint density at radius 1 is 0.907 bits per heavy atom. The van der Waals surface area contributed by atoms with Crippen LogP contribution in [0.1, 0.15) is 80.4 Å². The summed E-state index contributed by atoms with van der Waals surface area (Å²) in [4.78, 5) is 4.90. The topological polar surface area (TPSA) is 72.1 Å². The molecule has 7 atom stereocenters. The molecule has 5 aliphatic rings. The van der Waals surface area contributed by atoms with Gasteiger partial charge in [-0.2, -0.15) is 13.2 Å². The minimum absolute atomic E-state index is 0.112. The Labute approximate surface area is 250 Å². The lowest BCUT2D eigenvalue weighted by Crippen LogP contribution is -2.46. The average Bonchev–Trinajstić information content (AvgIpc) is 3.72. The third kappa shape index (κ3) is 4.91. The van der Waals surface area contributed by atoms with E-state index in [0.717, 1.165) is 76.8 Å². The number of nitrogens with zero attached hydrogens (tertiary/aromatic N) is 3. The van der Waals surface area contributed by atoms with Crippen LogP contribution in [-0.4, -0.2) is 69.3 Å². The largest absolute Gasteiger partial charge is 0.494 e. The van der Waals surface area contributed by atoms with Crippen LogP contribution < -0.4 is 4.90 Å². The van der Waals surface area contributed by atoms with E-state index in [4.69, 9.17) is 0 Å². The first-order valence-corrected chi connectivity index (χ1v) is 16.2. The number of aliphatic hydroxyl groups excluding tert-OH is 1. The maximum absolute atomic E-state index is 14.1. The van der Waals surface area contributed by atoms with E-state index in [-0.39, 0.29) is 35.5 Å². The summed E-state index contributed by atoms with van der Waals surface area (Å²) >= 11 is 0. The van der Waals surface area contributed by atoms with Crippen LogP contribution in [0, 0.1) is 29.5 Å². The average molecular weight is 606 g/mol. The van der Waals surface area contributed by atoms with Crippen molar-refractivity contribution < 1.29 is 32.9 Å². The zero-order valence-electron chi connectivity index (χ0n) is 24.7. The highest BCUT2D eigenvalue weighted by molar-refractivity contribution is 5.59. The molecule has 1 saturated heterocycles. The molecule has 1 aromatic carbocycles. The second-order valence-corrected chi connectivity index (χ2v) is 14.0. The Bertz CT molecular complexity index is 1350. The van der Waals surface area contributed by atoms with E-state index in [1.54, 1.807) is 12.1 Å². The summed E-state index contributed by atoms with van der Waals surface area (Å²) in [7, 11) is 0. The fourth-order valence-electron chi connectivity index (χ4n) is 9.82. The van der Waals surface area contributed by atoms with E-state index in [0.29, 0.717) is 24.1 Å². The number of alkyl halides is 3. The molecule has 3 fully saturated rings. The van der Waals surface area contributed by atoms with Crippen LogP contribution in [0.3, 0.4) is 0 Å². The SMILES string of the molecule is CC(O)C1C2CC(c3c2c(O)n(CC2CCCCC2CN2CCC(N4CCc5ccc(F)cc54)CC2)c3O)C1C(F)(F)F. The maximum Gasteiger partial charge on any atom is 0.392 e. The van der Waals surface area contributed by atoms with Crippen LogP contribution >= 0.6 is 0 Å². The molecular formula is C33H43F4N3O3. The van der Waals surface area contributed by atoms with Crippen LogP contribution in [0.2, 0.25) is 0 Å².